The van der Waals surface area contributed by atoms with Crippen LogP contribution < -0.4 is 0 Å². The summed E-state index contributed by atoms with van der Waals surface area (Å²) in [6, 6.07) is -0.776. The fourth-order valence-electron chi connectivity index (χ4n) is 2.54. The molecule has 0 radical (unpaired) electrons. The molecule has 1 aromatic rings. The Labute approximate surface area is 148 Å². The van der Waals surface area contributed by atoms with Gasteiger partial charge in [-0.2, -0.15) is 52.7 Å². The summed E-state index contributed by atoms with van der Waals surface area (Å²) in [5.74, 6) is 0. The molecule has 2 nitrogen and oxygen atoms in total. The quantitative estimate of drug-likeness (QED) is 0.644. The normalized spacial score (nSPS) is 15.1. The van der Waals surface area contributed by atoms with Crippen molar-refractivity contribution in [1.29, 1.82) is 0 Å². The van der Waals surface area contributed by atoms with Crippen molar-refractivity contribution in [2.75, 3.05) is 0 Å². The second kappa shape index (κ2) is 6.40. The van der Waals surface area contributed by atoms with E-state index < -0.39 is 58.2 Å². The van der Waals surface area contributed by atoms with Gasteiger partial charge in [-0.05, 0) is 25.0 Å². The van der Waals surface area contributed by atoms with Crippen molar-refractivity contribution in [3.63, 3.8) is 0 Å². The smallest absolute Gasteiger partial charge is 0.369 e. The highest BCUT2D eigenvalue weighted by atomic mass is 19.4. The Morgan fingerprint density at radius 2 is 0.679 bits per heavy atom. The third-order valence-corrected chi connectivity index (χ3v) is 4.21. The summed E-state index contributed by atoms with van der Waals surface area (Å²) in [5, 5.41) is 18.6. The molecular weight excluding hydrogens is 428 g/mol. The molecule has 0 atom stereocenters. The zero-order chi connectivity index (χ0) is 22.7. The van der Waals surface area contributed by atoms with Gasteiger partial charge in [-0.3, -0.25) is 0 Å². The fourth-order valence-corrected chi connectivity index (χ4v) is 2.54. The number of aliphatic hydroxyl groups is 2. The molecule has 2 N–H and O–H groups in total. The highest BCUT2D eigenvalue weighted by Crippen LogP contribution is 2.54. The van der Waals surface area contributed by atoms with Crippen molar-refractivity contribution in [2.24, 2.45) is 0 Å². The molecule has 0 spiro atoms. The van der Waals surface area contributed by atoms with Crippen LogP contribution in [0.15, 0.2) is 12.1 Å². The molecule has 0 aliphatic rings. The van der Waals surface area contributed by atoms with Gasteiger partial charge in [0, 0.05) is 11.1 Å². The maximum atomic E-state index is 12.9. The summed E-state index contributed by atoms with van der Waals surface area (Å²) in [7, 11) is 0. The summed E-state index contributed by atoms with van der Waals surface area (Å²) in [6.45, 7) is 0.702. The molecule has 0 amide bonds. The lowest BCUT2D eigenvalue weighted by Gasteiger charge is -2.37. The molecule has 1 aromatic carbocycles. The number of alkyl halides is 12. The first-order valence-corrected chi connectivity index (χ1v) is 6.88. The second-order valence-corrected chi connectivity index (χ2v) is 5.82. The van der Waals surface area contributed by atoms with Gasteiger partial charge in [0.25, 0.3) is 11.2 Å². The summed E-state index contributed by atoms with van der Waals surface area (Å²) in [6.07, 6.45) is -25.6. The zero-order valence-corrected chi connectivity index (χ0v) is 13.6. The minimum Gasteiger partial charge on any atom is -0.369 e. The van der Waals surface area contributed by atoms with Gasteiger partial charge in [0.15, 0.2) is 0 Å². The third kappa shape index (κ3) is 3.29. The first-order chi connectivity index (χ1) is 12.0. The van der Waals surface area contributed by atoms with E-state index in [1.54, 1.807) is 0 Å². The third-order valence-electron chi connectivity index (χ3n) is 4.21. The fraction of sp³-hybridized carbons (Fsp3) is 0.571. The average Bonchev–Trinajstić information content (AvgIpc) is 2.43. The van der Waals surface area contributed by atoms with E-state index in [1.807, 2.05) is 0 Å². The highest BCUT2D eigenvalue weighted by molar-refractivity contribution is 5.47. The predicted molar refractivity (Wildman–Crippen MR) is 67.9 cm³/mol. The molecule has 14 heteroatoms. The van der Waals surface area contributed by atoms with Crippen LogP contribution in [0.1, 0.15) is 22.3 Å². The highest BCUT2D eigenvalue weighted by Gasteiger charge is 2.74. The Morgan fingerprint density at radius 3 is 0.821 bits per heavy atom. The van der Waals surface area contributed by atoms with E-state index in [-0.39, 0.29) is 12.1 Å². The molecule has 0 aromatic heterocycles. The Morgan fingerprint density at radius 1 is 0.500 bits per heavy atom. The van der Waals surface area contributed by atoms with Crippen LogP contribution in [-0.2, 0) is 11.2 Å². The molecule has 0 saturated carbocycles. The molecule has 0 aliphatic heterocycles. The van der Waals surface area contributed by atoms with Crippen LogP contribution in [0.5, 0.6) is 0 Å². The van der Waals surface area contributed by atoms with E-state index >= 15 is 0 Å². The van der Waals surface area contributed by atoms with Crippen molar-refractivity contribution < 1.29 is 62.9 Å². The number of hydrogen-bond donors (Lipinski definition) is 2. The number of rotatable bonds is 2. The van der Waals surface area contributed by atoms with E-state index in [1.165, 1.54) is 0 Å². The number of halogens is 12. The van der Waals surface area contributed by atoms with Crippen LogP contribution in [0, 0.1) is 13.8 Å². The number of hydrogen-bond acceptors (Lipinski definition) is 2. The van der Waals surface area contributed by atoms with Gasteiger partial charge in [0.1, 0.15) is 0 Å². The van der Waals surface area contributed by atoms with Gasteiger partial charge in [-0.25, -0.2) is 0 Å². The molecule has 1 rings (SSSR count). The molecule has 28 heavy (non-hydrogen) atoms. The van der Waals surface area contributed by atoms with Gasteiger partial charge in [-0.1, -0.05) is 12.1 Å². The van der Waals surface area contributed by atoms with Gasteiger partial charge < -0.3 is 10.2 Å². The standard InChI is InChI=1S/C14H10F12O2/c1-5-6(2)8(10(28,13(21,22)23)14(24,25)26)4-3-7(5)9(27,11(15,16)17)12(18,19)20/h3-4,27-28H,1-2H3. The molecule has 0 fully saturated rings. The van der Waals surface area contributed by atoms with E-state index in [0.29, 0.717) is 13.8 Å². The van der Waals surface area contributed by atoms with E-state index in [4.69, 9.17) is 0 Å². The molecule has 0 saturated heterocycles. The first kappa shape index (κ1) is 24.3. The SMILES string of the molecule is Cc1c(C(O)(C(F)(F)F)C(F)(F)F)ccc(C(O)(C(F)(F)F)C(F)(F)F)c1C. The van der Waals surface area contributed by atoms with Gasteiger partial charge in [0.05, 0.1) is 0 Å². The van der Waals surface area contributed by atoms with Crippen LogP contribution in [0.25, 0.3) is 0 Å². The lowest BCUT2D eigenvalue weighted by molar-refractivity contribution is -0.378. The zero-order valence-electron chi connectivity index (χ0n) is 13.6. The van der Waals surface area contributed by atoms with Crippen LogP contribution in [0.3, 0.4) is 0 Å². The van der Waals surface area contributed by atoms with E-state index in [0.717, 1.165) is 0 Å². The van der Waals surface area contributed by atoms with Crippen molar-refractivity contribution in [1.82, 2.24) is 0 Å². The van der Waals surface area contributed by atoms with Crippen molar-refractivity contribution >= 4 is 0 Å². The lowest BCUT2D eigenvalue weighted by atomic mass is 9.80. The van der Waals surface area contributed by atoms with E-state index in [9.17, 15) is 62.9 Å². The van der Waals surface area contributed by atoms with Crippen LogP contribution in [-0.4, -0.2) is 34.9 Å². The Hall–Kier alpha value is -1.70. The van der Waals surface area contributed by atoms with Gasteiger partial charge in [-0.15, -0.1) is 0 Å². The number of benzene rings is 1. The molecule has 0 aliphatic carbocycles. The summed E-state index contributed by atoms with van der Waals surface area (Å²) in [4.78, 5) is 0. The Kier molecular flexibility index (Phi) is 5.57. The average molecular weight is 438 g/mol. The monoisotopic (exact) mass is 438 g/mol. The molecule has 162 valence electrons. The maximum Gasteiger partial charge on any atom is 0.430 e. The lowest BCUT2D eigenvalue weighted by Crippen LogP contribution is -2.55. The van der Waals surface area contributed by atoms with Crippen molar-refractivity contribution in [2.45, 2.75) is 49.8 Å². The largest absolute Gasteiger partial charge is 0.430 e. The van der Waals surface area contributed by atoms with Crippen LogP contribution in [0.2, 0.25) is 0 Å². The molecular formula is C14H10F12O2. The van der Waals surface area contributed by atoms with Gasteiger partial charge in [0.2, 0.25) is 0 Å². The van der Waals surface area contributed by atoms with Crippen LogP contribution >= 0.6 is 0 Å². The second-order valence-electron chi connectivity index (χ2n) is 5.82. The minimum atomic E-state index is -6.41. The predicted octanol–water partition coefficient (Wildman–Crippen LogP) is 4.93. The van der Waals surface area contributed by atoms with Crippen molar-refractivity contribution in [3.05, 3.63) is 34.4 Å². The Bertz CT molecular complexity index is 648. The Balaban J connectivity index is 3.94. The van der Waals surface area contributed by atoms with Crippen molar-refractivity contribution in [3.8, 4) is 0 Å². The molecule has 0 bridgehead atoms. The van der Waals surface area contributed by atoms with E-state index in [2.05, 4.69) is 0 Å². The summed E-state index contributed by atoms with van der Waals surface area (Å²) < 4.78 is 155. The summed E-state index contributed by atoms with van der Waals surface area (Å²) >= 11 is 0. The minimum absolute atomic E-state index is 0.351. The van der Waals surface area contributed by atoms with Gasteiger partial charge >= 0.3 is 24.7 Å². The topological polar surface area (TPSA) is 40.5 Å². The molecule has 0 unspecified atom stereocenters. The first-order valence-electron chi connectivity index (χ1n) is 6.88. The molecule has 0 heterocycles. The van der Waals surface area contributed by atoms with Crippen LogP contribution in [0.4, 0.5) is 52.7 Å². The summed E-state index contributed by atoms with van der Waals surface area (Å²) in [5.41, 5.74) is -17.9. The maximum absolute atomic E-state index is 12.9.